The molecule has 2 rings (SSSR count). The van der Waals surface area contributed by atoms with Gasteiger partial charge < -0.3 is 10.5 Å². The summed E-state index contributed by atoms with van der Waals surface area (Å²) in [6.45, 7) is 4.65. The molecule has 0 aliphatic heterocycles. The monoisotopic (exact) mass is 270 g/mol. The average molecular weight is 270 g/mol. The molecule has 3 nitrogen and oxygen atoms in total. The van der Waals surface area contributed by atoms with Gasteiger partial charge in [0.15, 0.2) is 0 Å². The van der Waals surface area contributed by atoms with Crippen molar-refractivity contribution in [3.05, 3.63) is 59.4 Å². The number of pyridine rings is 1. The van der Waals surface area contributed by atoms with Crippen LogP contribution in [0.3, 0.4) is 0 Å². The van der Waals surface area contributed by atoms with Crippen molar-refractivity contribution in [2.75, 3.05) is 0 Å². The molecule has 20 heavy (non-hydrogen) atoms. The molecule has 1 atom stereocenters. The van der Waals surface area contributed by atoms with Gasteiger partial charge in [0, 0.05) is 12.2 Å². The fraction of sp³-hybridized carbons (Fsp3) is 0.353. The number of aromatic nitrogens is 1. The van der Waals surface area contributed by atoms with Gasteiger partial charge in [-0.1, -0.05) is 25.1 Å². The van der Waals surface area contributed by atoms with Gasteiger partial charge in [0.2, 0.25) is 0 Å². The molecule has 1 aromatic heterocycles. The molecule has 2 aromatic rings. The Morgan fingerprint density at radius 3 is 2.85 bits per heavy atom. The minimum atomic E-state index is 0.211. The highest BCUT2D eigenvalue weighted by Gasteiger charge is 2.04. The molecule has 0 spiro atoms. The Hall–Kier alpha value is -1.87. The third-order valence-corrected chi connectivity index (χ3v) is 3.41. The molecule has 0 radical (unpaired) electrons. The van der Waals surface area contributed by atoms with Gasteiger partial charge >= 0.3 is 0 Å². The van der Waals surface area contributed by atoms with E-state index in [0.717, 1.165) is 29.8 Å². The molecule has 1 heterocycles. The first-order chi connectivity index (χ1) is 9.69. The smallest absolute Gasteiger partial charge is 0.130 e. The number of rotatable bonds is 6. The quantitative estimate of drug-likeness (QED) is 0.876. The Morgan fingerprint density at radius 1 is 1.25 bits per heavy atom. The summed E-state index contributed by atoms with van der Waals surface area (Å²) < 4.78 is 5.83. The van der Waals surface area contributed by atoms with E-state index in [1.807, 2.05) is 31.2 Å². The topological polar surface area (TPSA) is 48.1 Å². The molecular formula is C17H22N2O. The SMILES string of the molecule is CCC(N)Cc1cccc(OCc2ncccc2C)c1. The molecule has 106 valence electrons. The molecular weight excluding hydrogens is 248 g/mol. The number of benzene rings is 1. The van der Waals surface area contributed by atoms with Crippen LogP contribution in [0.5, 0.6) is 5.75 Å². The molecule has 3 heteroatoms. The van der Waals surface area contributed by atoms with Crippen molar-refractivity contribution in [2.45, 2.75) is 39.3 Å². The molecule has 0 saturated carbocycles. The largest absolute Gasteiger partial charge is 0.487 e. The first-order valence-electron chi connectivity index (χ1n) is 7.07. The van der Waals surface area contributed by atoms with Gasteiger partial charge in [0.1, 0.15) is 12.4 Å². The molecule has 0 aliphatic rings. The minimum absolute atomic E-state index is 0.211. The predicted molar refractivity (Wildman–Crippen MR) is 81.7 cm³/mol. The standard InChI is InChI=1S/C17H22N2O/c1-3-15(18)10-14-7-4-8-16(11-14)20-12-17-13(2)6-5-9-19-17/h4-9,11,15H,3,10,12,18H2,1-2H3. The van der Waals surface area contributed by atoms with Crippen molar-refractivity contribution in [2.24, 2.45) is 5.73 Å². The second-order valence-corrected chi connectivity index (χ2v) is 5.08. The summed E-state index contributed by atoms with van der Waals surface area (Å²) in [7, 11) is 0. The Bertz CT molecular complexity index is 554. The Kier molecular flexibility index (Phi) is 5.13. The number of nitrogens with two attached hydrogens (primary N) is 1. The van der Waals surface area contributed by atoms with Gasteiger partial charge in [-0.2, -0.15) is 0 Å². The van der Waals surface area contributed by atoms with Crippen LogP contribution in [0.25, 0.3) is 0 Å². The van der Waals surface area contributed by atoms with E-state index in [1.165, 1.54) is 5.56 Å². The zero-order valence-corrected chi connectivity index (χ0v) is 12.2. The third-order valence-electron chi connectivity index (χ3n) is 3.41. The van der Waals surface area contributed by atoms with Crippen LogP contribution in [0, 0.1) is 6.92 Å². The normalized spacial score (nSPS) is 12.2. The van der Waals surface area contributed by atoms with Gasteiger partial charge in [-0.25, -0.2) is 0 Å². The molecule has 1 aromatic carbocycles. The average Bonchev–Trinajstić information content (AvgIpc) is 2.47. The van der Waals surface area contributed by atoms with Crippen LogP contribution < -0.4 is 10.5 Å². The summed E-state index contributed by atoms with van der Waals surface area (Å²) in [6.07, 6.45) is 3.66. The van der Waals surface area contributed by atoms with Crippen LogP contribution in [0.4, 0.5) is 0 Å². The third kappa shape index (κ3) is 4.07. The van der Waals surface area contributed by atoms with E-state index < -0.39 is 0 Å². The number of hydrogen-bond acceptors (Lipinski definition) is 3. The van der Waals surface area contributed by atoms with Crippen LogP contribution >= 0.6 is 0 Å². The number of ether oxygens (including phenoxy) is 1. The molecule has 0 aliphatic carbocycles. The van der Waals surface area contributed by atoms with Gasteiger partial charge in [0.05, 0.1) is 5.69 Å². The molecule has 0 bridgehead atoms. The minimum Gasteiger partial charge on any atom is -0.487 e. The maximum absolute atomic E-state index is 5.99. The van der Waals surface area contributed by atoms with E-state index in [0.29, 0.717) is 6.61 Å². The van der Waals surface area contributed by atoms with Gasteiger partial charge in [-0.3, -0.25) is 4.98 Å². The van der Waals surface area contributed by atoms with Crippen LogP contribution in [0.1, 0.15) is 30.2 Å². The first-order valence-corrected chi connectivity index (χ1v) is 7.07. The highest BCUT2D eigenvalue weighted by molar-refractivity contribution is 5.29. The van der Waals surface area contributed by atoms with Crippen LogP contribution in [-0.2, 0) is 13.0 Å². The molecule has 0 amide bonds. The summed E-state index contributed by atoms with van der Waals surface area (Å²) in [4.78, 5) is 4.33. The van der Waals surface area contributed by atoms with Crippen molar-refractivity contribution >= 4 is 0 Å². The second-order valence-electron chi connectivity index (χ2n) is 5.08. The number of nitrogens with zero attached hydrogens (tertiary/aromatic N) is 1. The van der Waals surface area contributed by atoms with Crippen molar-refractivity contribution in [3.8, 4) is 5.75 Å². The van der Waals surface area contributed by atoms with E-state index in [9.17, 15) is 0 Å². The van der Waals surface area contributed by atoms with E-state index >= 15 is 0 Å². The van der Waals surface area contributed by atoms with E-state index in [2.05, 4.69) is 24.0 Å². The fourth-order valence-corrected chi connectivity index (χ4v) is 2.03. The Balaban J connectivity index is 2.00. The van der Waals surface area contributed by atoms with E-state index in [4.69, 9.17) is 10.5 Å². The van der Waals surface area contributed by atoms with Crippen molar-refractivity contribution in [3.63, 3.8) is 0 Å². The van der Waals surface area contributed by atoms with Gasteiger partial charge in [-0.15, -0.1) is 0 Å². The van der Waals surface area contributed by atoms with Gasteiger partial charge in [0.25, 0.3) is 0 Å². The van der Waals surface area contributed by atoms with Crippen molar-refractivity contribution < 1.29 is 4.74 Å². The van der Waals surface area contributed by atoms with E-state index in [1.54, 1.807) is 6.20 Å². The van der Waals surface area contributed by atoms with Crippen LogP contribution in [-0.4, -0.2) is 11.0 Å². The predicted octanol–water partition coefficient (Wildman–Crippen LogP) is 3.25. The number of hydrogen-bond donors (Lipinski definition) is 1. The molecule has 0 fully saturated rings. The lowest BCUT2D eigenvalue weighted by Gasteiger charge is -2.11. The lowest BCUT2D eigenvalue weighted by Crippen LogP contribution is -2.21. The Labute approximate surface area is 120 Å². The highest BCUT2D eigenvalue weighted by atomic mass is 16.5. The summed E-state index contributed by atoms with van der Waals surface area (Å²) in [5.41, 5.74) is 9.33. The maximum Gasteiger partial charge on any atom is 0.130 e. The lowest BCUT2D eigenvalue weighted by molar-refractivity contribution is 0.300. The fourth-order valence-electron chi connectivity index (χ4n) is 2.03. The first kappa shape index (κ1) is 14.5. The Morgan fingerprint density at radius 2 is 2.10 bits per heavy atom. The summed E-state index contributed by atoms with van der Waals surface area (Å²) in [5.74, 6) is 0.871. The summed E-state index contributed by atoms with van der Waals surface area (Å²) in [5, 5.41) is 0. The number of aryl methyl sites for hydroxylation is 1. The maximum atomic E-state index is 5.99. The summed E-state index contributed by atoms with van der Waals surface area (Å²) in [6, 6.07) is 12.3. The highest BCUT2D eigenvalue weighted by Crippen LogP contribution is 2.17. The molecule has 1 unspecified atom stereocenters. The van der Waals surface area contributed by atoms with E-state index in [-0.39, 0.29) is 6.04 Å². The lowest BCUT2D eigenvalue weighted by atomic mass is 10.0. The summed E-state index contributed by atoms with van der Waals surface area (Å²) >= 11 is 0. The molecule has 2 N–H and O–H groups in total. The van der Waals surface area contributed by atoms with Crippen LogP contribution in [0.2, 0.25) is 0 Å². The van der Waals surface area contributed by atoms with Crippen LogP contribution in [0.15, 0.2) is 42.6 Å². The zero-order chi connectivity index (χ0) is 14.4. The van der Waals surface area contributed by atoms with Gasteiger partial charge in [-0.05, 0) is 49.1 Å². The van der Waals surface area contributed by atoms with Crippen molar-refractivity contribution in [1.82, 2.24) is 4.98 Å². The van der Waals surface area contributed by atoms with Crippen molar-refractivity contribution in [1.29, 1.82) is 0 Å². The zero-order valence-electron chi connectivity index (χ0n) is 12.2. The second kappa shape index (κ2) is 7.06. The molecule has 0 saturated heterocycles.